The molecule has 11 N–H and O–H groups in total. The number of carbonyl (C=O) groups excluding carboxylic acids is 5. The summed E-state index contributed by atoms with van der Waals surface area (Å²) in [7, 11) is 2.84. The number of aromatic hydroxyl groups is 1. The number of phenolic OH excluding ortho intramolecular Hbond substituents is 1. The van der Waals surface area contributed by atoms with Gasteiger partial charge >= 0.3 is 0 Å². The Morgan fingerprint density at radius 2 is 1.73 bits per heavy atom. The Morgan fingerprint density at radius 3 is 2.27 bits per heavy atom. The summed E-state index contributed by atoms with van der Waals surface area (Å²) in [4.78, 5) is 65.9. The molecule has 2 unspecified atom stereocenters. The average molecular weight is 630 g/mol. The number of aliphatic hydroxyl groups is 4. The second-order valence-corrected chi connectivity index (χ2v) is 12.4. The minimum Gasteiger partial charge on any atom is -0.508 e. The normalized spacial score (nSPS) is 28.4. The fourth-order valence-electron chi connectivity index (χ4n) is 6.89. The molecular weight excluding hydrogens is 590 g/mol. The lowest BCUT2D eigenvalue weighted by molar-refractivity contribution is -0.169. The van der Waals surface area contributed by atoms with Crippen LogP contribution in [0.25, 0.3) is 5.76 Å². The van der Waals surface area contributed by atoms with E-state index < -0.39 is 99.2 Å². The minimum atomic E-state index is -3.05. The summed E-state index contributed by atoms with van der Waals surface area (Å²) in [5, 5.41) is 62.3. The maximum Gasteiger partial charge on any atom is 0.255 e. The maximum atomic E-state index is 14.1. The molecule has 0 bridgehead atoms. The van der Waals surface area contributed by atoms with Crippen molar-refractivity contribution >= 4 is 40.7 Å². The first-order valence-electron chi connectivity index (χ1n) is 14.4. The van der Waals surface area contributed by atoms with E-state index in [1.54, 1.807) is 6.92 Å². The van der Waals surface area contributed by atoms with Crippen LogP contribution in [0.3, 0.4) is 0 Å². The summed E-state index contributed by atoms with van der Waals surface area (Å²) in [6, 6.07) is 0.343. The zero-order valence-electron chi connectivity index (χ0n) is 25.5. The molecule has 15 nitrogen and oxygen atoms in total. The summed E-state index contributed by atoms with van der Waals surface area (Å²) in [6.45, 7) is 4.91. The molecule has 4 rings (SSSR count). The highest BCUT2D eigenvalue weighted by Gasteiger charge is 2.68. The highest BCUT2D eigenvalue weighted by molar-refractivity contribution is 6.24. The second-order valence-electron chi connectivity index (χ2n) is 12.4. The maximum absolute atomic E-state index is 14.1. The molecule has 0 saturated heterocycles. The van der Waals surface area contributed by atoms with Crippen LogP contribution >= 0.6 is 0 Å². The number of nitrogens with two attached hydrogens (primary N) is 2. The fourth-order valence-corrected chi connectivity index (χ4v) is 6.89. The zero-order chi connectivity index (χ0) is 33.9. The van der Waals surface area contributed by atoms with Crippen LogP contribution in [0.15, 0.2) is 29.0 Å². The molecule has 3 amide bonds. The van der Waals surface area contributed by atoms with E-state index in [1.165, 1.54) is 31.1 Å². The summed E-state index contributed by atoms with van der Waals surface area (Å²) in [6.07, 6.45) is -1.49. The molecule has 45 heavy (non-hydrogen) atoms. The van der Waals surface area contributed by atoms with Crippen LogP contribution in [0.1, 0.15) is 44.2 Å². The number of nitrogens with zero attached hydrogens (tertiary/aromatic N) is 1. The third-order valence-electron chi connectivity index (χ3n) is 8.93. The van der Waals surface area contributed by atoms with Gasteiger partial charge in [-0.15, -0.1) is 0 Å². The first-order chi connectivity index (χ1) is 20.9. The van der Waals surface area contributed by atoms with Crippen molar-refractivity contribution in [1.82, 2.24) is 10.2 Å². The van der Waals surface area contributed by atoms with E-state index in [9.17, 15) is 49.5 Å². The van der Waals surface area contributed by atoms with E-state index in [-0.39, 0.29) is 35.7 Å². The number of rotatable bonds is 8. The number of phenols is 1. The number of benzene rings is 1. The molecule has 1 aromatic rings. The Labute approximate surface area is 258 Å². The first kappa shape index (κ1) is 33.6. The summed E-state index contributed by atoms with van der Waals surface area (Å²) < 4.78 is 0. The molecule has 1 saturated carbocycles. The van der Waals surface area contributed by atoms with Crippen LogP contribution < -0.4 is 22.1 Å². The van der Waals surface area contributed by atoms with Gasteiger partial charge in [-0.25, -0.2) is 0 Å². The van der Waals surface area contributed by atoms with Crippen molar-refractivity contribution in [1.29, 1.82) is 0 Å². The van der Waals surface area contributed by atoms with Gasteiger partial charge in [0.15, 0.2) is 11.4 Å². The van der Waals surface area contributed by atoms with Gasteiger partial charge in [-0.05, 0) is 44.0 Å². The third-order valence-corrected chi connectivity index (χ3v) is 8.93. The van der Waals surface area contributed by atoms with Gasteiger partial charge in [-0.1, -0.05) is 26.8 Å². The molecule has 0 aromatic heterocycles. The van der Waals surface area contributed by atoms with Crippen LogP contribution in [0.5, 0.6) is 5.75 Å². The van der Waals surface area contributed by atoms with Crippen LogP contribution in [-0.2, 0) is 24.0 Å². The van der Waals surface area contributed by atoms with Crippen LogP contribution in [0.4, 0.5) is 5.69 Å². The smallest absolute Gasteiger partial charge is 0.255 e. The first-order valence-corrected chi connectivity index (χ1v) is 14.4. The van der Waals surface area contributed by atoms with E-state index in [0.29, 0.717) is 0 Å². The summed E-state index contributed by atoms with van der Waals surface area (Å²) in [5.74, 6) is -11.5. The summed E-state index contributed by atoms with van der Waals surface area (Å²) in [5.41, 5.74) is 5.90. The Morgan fingerprint density at radius 1 is 1.11 bits per heavy atom. The summed E-state index contributed by atoms with van der Waals surface area (Å²) >= 11 is 0. The van der Waals surface area contributed by atoms with Crippen LogP contribution in [0.2, 0.25) is 0 Å². The van der Waals surface area contributed by atoms with Gasteiger partial charge in [-0.3, -0.25) is 28.9 Å². The minimum absolute atomic E-state index is 0.0106. The predicted molar refractivity (Wildman–Crippen MR) is 159 cm³/mol. The lowest BCUT2D eigenvalue weighted by Crippen LogP contribution is -2.70. The number of ketones is 2. The van der Waals surface area contributed by atoms with E-state index in [4.69, 9.17) is 11.5 Å². The van der Waals surface area contributed by atoms with Crippen molar-refractivity contribution in [3.63, 3.8) is 0 Å². The molecule has 1 fully saturated rings. The Balaban J connectivity index is 1.86. The highest BCUT2D eigenvalue weighted by Crippen LogP contribution is 2.56. The number of nitrogens with one attached hydrogen (secondary N) is 2. The lowest BCUT2D eigenvalue weighted by atomic mass is 9.54. The topological polar surface area (TPSA) is 266 Å². The zero-order valence-corrected chi connectivity index (χ0v) is 25.5. The van der Waals surface area contributed by atoms with Gasteiger partial charge in [0, 0.05) is 11.5 Å². The number of anilines is 1. The second kappa shape index (κ2) is 11.9. The van der Waals surface area contributed by atoms with Crippen molar-refractivity contribution in [3.05, 3.63) is 40.2 Å². The number of Topliss-reactive ketones (excluding diaryl/α,β-unsaturated/α-hetero) is 2. The number of fused-ring (bicyclic) bond motifs is 3. The fraction of sp³-hybridized carbons (Fsp3) is 0.500. The third kappa shape index (κ3) is 5.14. The van der Waals surface area contributed by atoms with Gasteiger partial charge in [0.2, 0.25) is 17.6 Å². The average Bonchev–Trinajstić information content (AvgIpc) is 2.95. The molecule has 1 aromatic carbocycles. The Hall–Kier alpha value is -4.31. The number of hydrogen-bond acceptors (Lipinski definition) is 12. The van der Waals surface area contributed by atoms with Gasteiger partial charge in [-0.2, -0.15) is 0 Å². The standard InChI is InChI=1S/C30H39N5O10/c1-10(2)8-14(33-15(36)9-31)29(44)34-13-7-6-12-11(3)16-18(23(38)17(12)22(13)37)26(41)30(45)20(24(16)39)21(35(4)5)25(40)19(27(30)42)28(32)43/h6-7,10-11,14,16,20-21,24,37-39,42,45H,8-9,31H2,1-5H3,(H2,32,43)(H,33,36)(H,34,44)/t11-,14-,16?,20?,21-,24-,30-/m0/s1. The Kier molecular flexibility index (Phi) is 8.87. The van der Waals surface area contributed by atoms with E-state index in [2.05, 4.69) is 10.6 Å². The quantitative estimate of drug-likeness (QED) is 0.123. The molecule has 244 valence electrons. The number of primary amides is 1. The predicted octanol–water partition coefficient (Wildman–Crippen LogP) is -1.08. The number of amides is 3. The highest BCUT2D eigenvalue weighted by atomic mass is 16.4. The molecule has 15 heteroatoms. The van der Waals surface area contributed by atoms with Gasteiger partial charge in [0.25, 0.3) is 5.91 Å². The number of likely N-dealkylation sites (N-methyl/N-ethyl adjacent to an activating group) is 1. The molecule has 0 radical (unpaired) electrons. The van der Waals surface area contributed by atoms with E-state index >= 15 is 0 Å². The van der Waals surface area contributed by atoms with E-state index in [1.807, 2.05) is 13.8 Å². The van der Waals surface area contributed by atoms with Crippen molar-refractivity contribution in [2.24, 2.45) is 29.2 Å². The molecule has 3 aliphatic carbocycles. The van der Waals surface area contributed by atoms with Crippen molar-refractivity contribution < 1.29 is 49.5 Å². The molecule has 3 aliphatic rings. The van der Waals surface area contributed by atoms with Crippen molar-refractivity contribution in [2.45, 2.75) is 56.9 Å². The van der Waals surface area contributed by atoms with Gasteiger partial charge < -0.3 is 47.6 Å². The van der Waals surface area contributed by atoms with Crippen LogP contribution in [-0.4, -0.2) is 104 Å². The molecule has 0 aliphatic heterocycles. The molecule has 7 atom stereocenters. The number of aliphatic hydroxyl groups excluding tert-OH is 3. The van der Waals surface area contributed by atoms with Crippen molar-refractivity contribution in [2.75, 3.05) is 26.0 Å². The molecular formula is C30H39N5O10. The molecule has 0 spiro atoms. The van der Waals surface area contributed by atoms with Gasteiger partial charge in [0.1, 0.15) is 28.9 Å². The Bertz CT molecular complexity index is 1550. The van der Waals surface area contributed by atoms with Crippen LogP contribution in [0, 0.1) is 17.8 Å². The molecule has 0 heterocycles. The largest absolute Gasteiger partial charge is 0.508 e. The number of hydrogen-bond donors (Lipinski definition) is 9. The van der Waals surface area contributed by atoms with Gasteiger partial charge in [0.05, 0.1) is 35.9 Å². The monoisotopic (exact) mass is 629 g/mol. The van der Waals surface area contributed by atoms with E-state index in [0.717, 1.165) is 0 Å². The number of carbonyl (C=O) groups is 5. The SMILES string of the molecule is CC(C)C[C@H](NC(=O)CN)C(=O)Nc1ccc2c(c1O)C(O)=C1C(=O)[C@]3(O)C(O)=C(C(N)=O)C(=O)[C@@H](N(C)C)C3[C@@H](O)C1[C@H]2C. The van der Waals surface area contributed by atoms with Crippen molar-refractivity contribution in [3.8, 4) is 5.75 Å². The lowest BCUT2D eigenvalue weighted by Gasteiger charge is -2.53.